The van der Waals surface area contributed by atoms with E-state index in [0.29, 0.717) is 0 Å². The quantitative estimate of drug-likeness (QED) is 0.449. The predicted molar refractivity (Wildman–Crippen MR) is 112 cm³/mol. The van der Waals surface area contributed by atoms with Gasteiger partial charge < -0.3 is 25.0 Å². The smallest absolute Gasteiger partial charge is 0.329 e. The number of benzene rings is 2. The van der Waals surface area contributed by atoms with Gasteiger partial charge in [0.2, 0.25) is 5.78 Å². The van der Waals surface area contributed by atoms with Gasteiger partial charge in [0.15, 0.2) is 5.78 Å². The zero-order valence-electron chi connectivity index (χ0n) is 17.8. The zero-order chi connectivity index (χ0) is 24.3. The molecule has 10 nitrogen and oxygen atoms in total. The lowest BCUT2D eigenvalue weighted by Gasteiger charge is -2.21. The Bertz CT molecular complexity index is 1170. The first-order valence-electron chi connectivity index (χ1n) is 10.1. The van der Waals surface area contributed by atoms with E-state index in [-0.39, 0.29) is 41.0 Å². The summed E-state index contributed by atoms with van der Waals surface area (Å²) in [4.78, 5) is 62.6. The number of amides is 1. The molecule has 1 aliphatic rings. The molecule has 1 atom stereocenters. The van der Waals surface area contributed by atoms with Gasteiger partial charge in [-0.05, 0) is 32.0 Å². The van der Waals surface area contributed by atoms with Crippen LogP contribution in [0.25, 0.3) is 0 Å². The molecule has 0 aliphatic heterocycles. The highest BCUT2D eigenvalue weighted by Crippen LogP contribution is 2.37. The summed E-state index contributed by atoms with van der Waals surface area (Å²) in [6.45, 7) is 3.23. The van der Waals surface area contributed by atoms with E-state index in [0.717, 1.165) is 12.1 Å². The fourth-order valence-electron chi connectivity index (χ4n) is 3.48. The van der Waals surface area contributed by atoms with Gasteiger partial charge in [0.1, 0.15) is 17.5 Å². The second-order valence-electron chi connectivity index (χ2n) is 7.06. The van der Waals surface area contributed by atoms with Crippen molar-refractivity contribution in [3.63, 3.8) is 0 Å². The second-order valence-corrected chi connectivity index (χ2v) is 7.06. The number of carbonyl (C=O) groups excluding carboxylic acids is 5. The van der Waals surface area contributed by atoms with Crippen molar-refractivity contribution >= 4 is 29.4 Å². The van der Waals surface area contributed by atoms with Gasteiger partial charge in [-0.15, -0.1) is 0 Å². The number of fused-ring (bicyclic) bond motifs is 2. The molecule has 2 aromatic rings. The number of carbonyl (C=O) groups is 5. The van der Waals surface area contributed by atoms with Gasteiger partial charge in [0, 0.05) is 16.7 Å². The molecular weight excluding hydrogens is 434 g/mol. The van der Waals surface area contributed by atoms with Crippen LogP contribution < -0.4 is 5.32 Å². The molecule has 3 rings (SSSR count). The lowest BCUT2D eigenvalue weighted by atomic mass is 9.82. The van der Waals surface area contributed by atoms with Crippen LogP contribution in [-0.2, 0) is 19.1 Å². The summed E-state index contributed by atoms with van der Waals surface area (Å²) in [5.74, 6) is -4.99. The second kappa shape index (κ2) is 9.51. The molecule has 0 spiro atoms. The number of esters is 2. The van der Waals surface area contributed by atoms with E-state index in [1.165, 1.54) is 18.2 Å². The van der Waals surface area contributed by atoms with Gasteiger partial charge in [-0.1, -0.05) is 12.1 Å². The molecule has 0 radical (unpaired) electrons. The summed E-state index contributed by atoms with van der Waals surface area (Å²) in [5, 5.41) is 22.8. The summed E-state index contributed by atoms with van der Waals surface area (Å²) in [6, 6.07) is 4.66. The number of phenolic OH excluding ortho intramolecular Hbond substituents is 2. The Morgan fingerprint density at radius 2 is 1.58 bits per heavy atom. The lowest BCUT2D eigenvalue weighted by molar-refractivity contribution is -0.152. The molecule has 33 heavy (non-hydrogen) atoms. The molecule has 0 saturated heterocycles. The number of hydrogen-bond donors (Lipinski definition) is 3. The molecule has 1 aliphatic carbocycles. The minimum absolute atomic E-state index is 0.0104. The average molecular weight is 455 g/mol. The lowest BCUT2D eigenvalue weighted by Crippen LogP contribution is -2.43. The van der Waals surface area contributed by atoms with Crippen LogP contribution in [0.4, 0.5) is 0 Å². The number of aromatic hydroxyl groups is 2. The van der Waals surface area contributed by atoms with Crippen LogP contribution in [0, 0.1) is 0 Å². The normalized spacial score (nSPS) is 12.9. The van der Waals surface area contributed by atoms with Gasteiger partial charge in [-0.25, -0.2) is 4.79 Å². The fraction of sp³-hybridized carbons (Fsp3) is 0.261. The maximum atomic E-state index is 12.9. The van der Waals surface area contributed by atoms with Crippen LogP contribution in [-0.4, -0.2) is 58.9 Å². The average Bonchev–Trinajstić information content (AvgIpc) is 2.76. The van der Waals surface area contributed by atoms with Crippen molar-refractivity contribution in [3.05, 3.63) is 58.1 Å². The Hall–Kier alpha value is -4.21. The number of rotatable bonds is 7. The van der Waals surface area contributed by atoms with Gasteiger partial charge in [-0.2, -0.15) is 0 Å². The molecule has 3 N–H and O–H groups in total. The number of ketones is 2. The molecule has 0 aromatic heterocycles. The van der Waals surface area contributed by atoms with E-state index in [1.807, 2.05) is 0 Å². The van der Waals surface area contributed by atoms with E-state index in [4.69, 9.17) is 9.47 Å². The van der Waals surface area contributed by atoms with E-state index in [1.54, 1.807) is 13.8 Å². The van der Waals surface area contributed by atoms with Crippen LogP contribution in [0.5, 0.6) is 11.5 Å². The molecule has 1 amide bonds. The van der Waals surface area contributed by atoms with Crippen molar-refractivity contribution in [2.45, 2.75) is 26.3 Å². The van der Waals surface area contributed by atoms with Crippen molar-refractivity contribution < 1.29 is 43.7 Å². The van der Waals surface area contributed by atoms with Crippen LogP contribution in [0.3, 0.4) is 0 Å². The van der Waals surface area contributed by atoms with Crippen LogP contribution in [0.15, 0.2) is 30.3 Å². The number of phenols is 2. The van der Waals surface area contributed by atoms with Crippen LogP contribution in [0.2, 0.25) is 0 Å². The van der Waals surface area contributed by atoms with Crippen molar-refractivity contribution in [1.82, 2.24) is 5.32 Å². The SMILES string of the molecule is CCOC(=O)C[C@H](NC(=O)c1cc(O)c2c(c1)C(=O)c1cccc(O)c1C2=O)C(=O)OCC. The maximum absolute atomic E-state index is 12.9. The molecule has 0 saturated carbocycles. The van der Waals surface area contributed by atoms with Gasteiger partial charge >= 0.3 is 11.9 Å². The van der Waals surface area contributed by atoms with Crippen molar-refractivity contribution in [1.29, 1.82) is 0 Å². The van der Waals surface area contributed by atoms with Crippen LogP contribution in [0.1, 0.15) is 62.5 Å². The molecule has 0 fully saturated rings. The highest BCUT2D eigenvalue weighted by Gasteiger charge is 2.35. The zero-order valence-corrected chi connectivity index (χ0v) is 17.8. The molecule has 0 unspecified atom stereocenters. The number of nitrogens with one attached hydrogen (secondary N) is 1. The first kappa shape index (κ1) is 23.5. The van der Waals surface area contributed by atoms with E-state index in [9.17, 15) is 34.2 Å². The van der Waals surface area contributed by atoms with Crippen molar-refractivity contribution in [2.24, 2.45) is 0 Å². The molecule has 2 aromatic carbocycles. The summed E-state index contributed by atoms with van der Waals surface area (Å²) in [5.41, 5.74) is -1.12. The fourth-order valence-corrected chi connectivity index (χ4v) is 3.48. The summed E-state index contributed by atoms with van der Waals surface area (Å²) in [6.07, 6.45) is -0.487. The molecule has 0 heterocycles. The molecule has 172 valence electrons. The molecule has 0 bridgehead atoms. The Balaban J connectivity index is 1.95. The minimum atomic E-state index is -1.37. The Morgan fingerprint density at radius 1 is 0.909 bits per heavy atom. The largest absolute Gasteiger partial charge is 0.507 e. The molecule has 10 heteroatoms. The first-order chi connectivity index (χ1) is 15.7. The monoisotopic (exact) mass is 455 g/mol. The van der Waals surface area contributed by atoms with Gasteiger partial charge in [0.05, 0.1) is 30.8 Å². The minimum Gasteiger partial charge on any atom is -0.507 e. The maximum Gasteiger partial charge on any atom is 0.329 e. The van der Waals surface area contributed by atoms with Crippen LogP contribution >= 0.6 is 0 Å². The third kappa shape index (κ3) is 4.54. The highest BCUT2D eigenvalue weighted by molar-refractivity contribution is 6.30. The summed E-state index contributed by atoms with van der Waals surface area (Å²) >= 11 is 0. The van der Waals surface area contributed by atoms with E-state index < -0.39 is 53.4 Å². The standard InChI is InChI=1S/C23H21NO9/c1-3-32-17(27)10-14(23(31)33-4-2)24-22(30)11-8-13-19(16(26)9-11)21(29)18-12(20(13)28)6-5-7-15(18)25/h5-9,14,25-26H,3-4,10H2,1-2H3,(H,24,30)/t14-/m0/s1. The summed E-state index contributed by atoms with van der Waals surface area (Å²) in [7, 11) is 0. The van der Waals surface area contributed by atoms with E-state index in [2.05, 4.69) is 5.32 Å². The number of hydrogen-bond acceptors (Lipinski definition) is 9. The third-order valence-corrected chi connectivity index (χ3v) is 4.92. The first-order valence-corrected chi connectivity index (χ1v) is 10.1. The van der Waals surface area contributed by atoms with E-state index >= 15 is 0 Å². The predicted octanol–water partition coefficient (Wildman–Crippen LogP) is 1.49. The number of ether oxygens (including phenoxy) is 2. The summed E-state index contributed by atoms with van der Waals surface area (Å²) < 4.78 is 9.69. The highest BCUT2D eigenvalue weighted by atomic mass is 16.5. The Morgan fingerprint density at radius 3 is 2.24 bits per heavy atom. The van der Waals surface area contributed by atoms with Gasteiger partial charge in [-0.3, -0.25) is 19.2 Å². The van der Waals surface area contributed by atoms with Crippen molar-refractivity contribution in [3.8, 4) is 11.5 Å². The molecular formula is C23H21NO9. The van der Waals surface area contributed by atoms with Crippen molar-refractivity contribution in [2.75, 3.05) is 13.2 Å². The Labute approximate surface area is 188 Å². The van der Waals surface area contributed by atoms with Gasteiger partial charge in [0.25, 0.3) is 5.91 Å². The topological polar surface area (TPSA) is 156 Å². The Kier molecular flexibility index (Phi) is 6.76. The third-order valence-electron chi connectivity index (χ3n) is 4.92.